The molecule has 0 atom stereocenters. The maximum Gasteiger partial charge on any atom is 0.261 e. The highest BCUT2D eigenvalue weighted by Crippen LogP contribution is 2.24. The van der Waals surface area contributed by atoms with Crippen LogP contribution in [0.5, 0.6) is 0 Å². The van der Waals surface area contributed by atoms with E-state index in [1.807, 2.05) is 96.2 Å². The number of carbonyl (C=O) groups excluding carboxylic acids is 1. The van der Waals surface area contributed by atoms with Crippen LogP contribution >= 0.6 is 0 Å². The second kappa shape index (κ2) is 7.80. The number of aromatic nitrogens is 3. The predicted molar refractivity (Wildman–Crippen MR) is 116 cm³/mol. The van der Waals surface area contributed by atoms with Gasteiger partial charge in [-0.2, -0.15) is 5.10 Å². The third-order valence-electron chi connectivity index (χ3n) is 5.01. The highest BCUT2D eigenvalue weighted by Gasteiger charge is 2.23. The van der Waals surface area contributed by atoms with Crippen molar-refractivity contribution in [2.75, 3.05) is 5.32 Å². The van der Waals surface area contributed by atoms with E-state index < -0.39 is 0 Å². The molecule has 5 heteroatoms. The van der Waals surface area contributed by atoms with E-state index in [-0.39, 0.29) is 5.91 Å². The number of hydrogen-bond acceptors (Lipinski definition) is 2. The number of rotatable bonds is 5. The summed E-state index contributed by atoms with van der Waals surface area (Å²) in [6, 6.07) is 19.9. The maximum absolute atomic E-state index is 13.2. The van der Waals surface area contributed by atoms with Gasteiger partial charge in [-0.05, 0) is 62.2 Å². The van der Waals surface area contributed by atoms with Gasteiger partial charge in [-0.25, -0.2) is 4.68 Å². The number of carbonyl (C=O) groups is 1. The molecule has 2 aromatic heterocycles. The highest BCUT2D eigenvalue weighted by molar-refractivity contribution is 6.07. The Labute approximate surface area is 170 Å². The van der Waals surface area contributed by atoms with Crippen LogP contribution in [0.3, 0.4) is 0 Å². The summed E-state index contributed by atoms with van der Waals surface area (Å²) in [6.45, 7) is 6.03. The van der Waals surface area contributed by atoms with E-state index in [2.05, 4.69) is 12.2 Å². The van der Waals surface area contributed by atoms with E-state index in [1.54, 1.807) is 0 Å². The first kappa shape index (κ1) is 18.7. The Balaban J connectivity index is 1.78. The second-order valence-electron chi connectivity index (χ2n) is 7.13. The molecular formula is C24H24N4O. The molecule has 4 rings (SSSR count). The van der Waals surface area contributed by atoms with Gasteiger partial charge in [-0.1, -0.05) is 36.8 Å². The molecule has 5 nitrogen and oxygen atoms in total. The molecule has 0 unspecified atom stereocenters. The standard InChI is InChI=1S/C24H24N4O/c1-4-19-9-11-20(12-10-19)25-23(29)22-18(3)26-28(21-13-7-17(2)8-14-21)24(22)27-15-5-6-16-27/h5-16H,4H2,1-3H3,(H,25,29). The number of anilines is 1. The maximum atomic E-state index is 13.2. The normalized spacial score (nSPS) is 10.9. The SMILES string of the molecule is CCc1ccc(NC(=O)c2c(C)nn(-c3ccc(C)cc3)c2-n2cccc2)cc1. The van der Waals surface area contributed by atoms with E-state index in [1.165, 1.54) is 11.1 Å². The molecule has 0 spiro atoms. The monoisotopic (exact) mass is 384 g/mol. The first-order valence-corrected chi connectivity index (χ1v) is 9.77. The molecule has 0 aliphatic heterocycles. The zero-order chi connectivity index (χ0) is 20.4. The summed E-state index contributed by atoms with van der Waals surface area (Å²) in [5, 5.41) is 7.71. The summed E-state index contributed by atoms with van der Waals surface area (Å²) in [7, 11) is 0. The Kier molecular flexibility index (Phi) is 5.04. The van der Waals surface area contributed by atoms with Gasteiger partial charge in [0, 0.05) is 18.1 Å². The van der Waals surface area contributed by atoms with E-state index in [9.17, 15) is 4.79 Å². The van der Waals surface area contributed by atoms with Crippen molar-refractivity contribution in [2.24, 2.45) is 0 Å². The van der Waals surface area contributed by atoms with Crippen molar-refractivity contribution in [1.82, 2.24) is 14.3 Å². The van der Waals surface area contributed by atoms with Crippen molar-refractivity contribution in [3.63, 3.8) is 0 Å². The predicted octanol–water partition coefficient (Wildman–Crippen LogP) is 5.09. The summed E-state index contributed by atoms with van der Waals surface area (Å²) in [4.78, 5) is 13.2. The lowest BCUT2D eigenvalue weighted by Gasteiger charge is -2.12. The van der Waals surface area contributed by atoms with Gasteiger partial charge >= 0.3 is 0 Å². The van der Waals surface area contributed by atoms with E-state index in [0.29, 0.717) is 11.3 Å². The Morgan fingerprint density at radius 1 is 0.966 bits per heavy atom. The molecule has 0 fully saturated rings. The third kappa shape index (κ3) is 3.72. The van der Waals surface area contributed by atoms with Gasteiger partial charge in [-0.15, -0.1) is 0 Å². The first-order valence-electron chi connectivity index (χ1n) is 9.77. The van der Waals surface area contributed by atoms with Crippen molar-refractivity contribution in [3.05, 3.63) is 95.4 Å². The number of aryl methyl sites for hydroxylation is 3. The lowest BCUT2D eigenvalue weighted by atomic mass is 10.1. The topological polar surface area (TPSA) is 51.9 Å². The van der Waals surface area contributed by atoms with Crippen molar-refractivity contribution < 1.29 is 4.79 Å². The molecule has 4 aromatic rings. The molecule has 29 heavy (non-hydrogen) atoms. The Morgan fingerprint density at radius 3 is 2.24 bits per heavy atom. The number of hydrogen-bond donors (Lipinski definition) is 1. The zero-order valence-electron chi connectivity index (χ0n) is 16.9. The van der Waals surface area contributed by atoms with Gasteiger partial charge in [0.05, 0.1) is 11.4 Å². The minimum absolute atomic E-state index is 0.172. The average Bonchev–Trinajstić information content (AvgIpc) is 3.36. The lowest BCUT2D eigenvalue weighted by Crippen LogP contribution is -2.16. The quantitative estimate of drug-likeness (QED) is 0.521. The molecule has 0 bridgehead atoms. The minimum Gasteiger partial charge on any atom is -0.322 e. The Bertz CT molecular complexity index is 1120. The first-order chi connectivity index (χ1) is 14.1. The van der Waals surface area contributed by atoms with Gasteiger partial charge in [0.1, 0.15) is 5.56 Å². The molecule has 146 valence electrons. The fourth-order valence-corrected chi connectivity index (χ4v) is 3.38. The van der Waals surface area contributed by atoms with E-state index >= 15 is 0 Å². The van der Waals surface area contributed by atoms with Crippen LogP contribution in [0.4, 0.5) is 5.69 Å². The molecule has 1 N–H and O–H groups in total. The summed E-state index contributed by atoms with van der Waals surface area (Å²) >= 11 is 0. The summed E-state index contributed by atoms with van der Waals surface area (Å²) in [5.41, 5.74) is 5.33. The lowest BCUT2D eigenvalue weighted by molar-refractivity contribution is 0.102. The smallest absolute Gasteiger partial charge is 0.261 e. The van der Waals surface area contributed by atoms with Crippen LogP contribution in [-0.4, -0.2) is 20.3 Å². The molecule has 0 aliphatic rings. The molecule has 0 aliphatic carbocycles. The van der Waals surface area contributed by atoms with Crippen LogP contribution in [0.25, 0.3) is 11.5 Å². The van der Waals surface area contributed by atoms with Gasteiger partial charge < -0.3 is 9.88 Å². The average molecular weight is 384 g/mol. The minimum atomic E-state index is -0.172. The van der Waals surface area contributed by atoms with Gasteiger partial charge in [0.15, 0.2) is 5.82 Å². The summed E-state index contributed by atoms with van der Waals surface area (Å²) in [5.74, 6) is 0.549. The molecule has 1 amide bonds. The largest absolute Gasteiger partial charge is 0.322 e. The molecule has 2 heterocycles. The van der Waals surface area contributed by atoms with Crippen molar-refractivity contribution in [2.45, 2.75) is 27.2 Å². The third-order valence-corrected chi connectivity index (χ3v) is 5.01. The fourth-order valence-electron chi connectivity index (χ4n) is 3.38. The van der Waals surface area contributed by atoms with Crippen LogP contribution in [0, 0.1) is 13.8 Å². The van der Waals surface area contributed by atoms with Gasteiger partial charge in [-0.3, -0.25) is 4.79 Å². The highest BCUT2D eigenvalue weighted by atomic mass is 16.1. The number of nitrogens with zero attached hydrogens (tertiary/aromatic N) is 3. The van der Waals surface area contributed by atoms with Crippen LogP contribution in [-0.2, 0) is 6.42 Å². The molecule has 2 aromatic carbocycles. The Hall–Kier alpha value is -3.60. The summed E-state index contributed by atoms with van der Waals surface area (Å²) in [6.07, 6.45) is 4.82. The van der Waals surface area contributed by atoms with Crippen LogP contribution in [0.1, 0.15) is 34.1 Å². The van der Waals surface area contributed by atoms with Crippen molar-refractivity contribution in [3.8, 4) is 11.5 Å². The number of benzene rings is 2. The Morgan fingerprint density at radius 2 is 1.62 bits per heavy atom. The van der Waals surface area contributed by atoms with Gasteiger partial charge in [0.2, 0.25) is 0 Å². The second-order valence-corrected chi connectivity index (χ2v) is 7.13. The van der Waals surface area contributed by atoms with Gasteiger partial charge in [0.25, 0.3) is 5.91 Å². The number of amides is 1. The number of nitrogens with one attached hydrogen (secondary N) is 1. The molecule has 0 radical (unpaired) electrons. The van der Waals surface area contributed by atoms with Crippen molar-refractivity contribution in [1.29, 1.82) is 0 Å². The molecular weight excluding hydrogens is 360 g/mol. The van der Waals surface area contributed by atoms with Crippen molar-refractivity contribution >= 4 is 11.6 Å². The summed E-state index contributed by atoms with van der Waals surface area (Å²) < 4.78 is 3.75. The van der Waals surface area contributed by atoms with E-state index in [4.69, 9.17) is 5.10 Å². The van der Waals surface area contributed by atoms with Crippen LogP contribution in [0.2, 0.25) is 0 Å². The molecule has 0 saturated carbocycles. The molecule has 0 saturated heterocycles. The van der Waals surface area contributed by atoms with Crippen LogP contribution in [0.15, 0.2) is 73.1 Å². The van der Waals surface area contributed by atoms with E-state index in [0.717, 1.165) is 23.6 Å². The zero-order valence-corrected chi connectivity index (χ0v) is 16.9. The fraction of sp³-hybridized carbons (Fsp3) is 0.167. The van der Waals surface area contributed by atoms with Crippen LogP contribution < -0.4 is 5.32 Å².